The van der Waals surface area contributed by atoms with E-state index in [-0.39, 0.29) is 0 Å². The lowest BCUT2D eigenvalue weighted by atomic mass is 9.77. The molecule has 0 spiro atoms. The van der Waals surface area contributed by atoms with E-state index in [2.05, 4.69) is 10.2 Å². The Bertz CT molecular complexity index is 189. The number of nitrogens with zero attached hydrogens (tertiary/aromatic N) is 1. The summed E-state index contributed by atoms with van der Waals surface area (Å²) in [6.45, 7) is 5.34. The predicted molar refractivity (Wildman–Crippen MR) is 53.7 cm³/mol. The third-order valence-electron chi connectivity index (χ3n) is 4.18. The SMILES string of the molecule is C1CCN2C[C@@H]3CNC[C@H](C3)C2C1. The van der Waals surface area contributed by atoms with Gasteiger partial charge in [0.1, 0.15) is 0 Å². The van der Waals surface area contributed by atoms with Gasteiger partial charge < -0.3 is 5.32 Å². The molecule has 0 aromatic heterocycles. The minimum atomic E-state index is 0.942. The molecule has 2 nitrogen and oxygen atoms in total. The van der Waals surface area contributed by atoms with Gasteiger partial charge in [-0.1, -0.05) is 6.42 Å². The maximum Gasteiger partial charge on any atom is 0.0136 e. The van der Waals surface area contributed by atoms with E-state index in [4.69, 9.17) is 0 Å². The van der Waals surface area contributed by atoms with Gasteiger partial charge in [-0.05, 0) is 50.7 Å². The van der Waals surface area contributed by atoms with Crippen molar-refractivity contribution in [3.05, 3.63) is 0 Å². The number of fused-ring (bicyclic) bond motifs is 4. The fourth-order valence-corrected chi connectivity index (χ4v) is 3.61. The molecule has 3 atom stereocenters. The van der Waals surface area contributed by atoms with Crippen LogP contribution >= 0.6 is 0 Å². The van der Waals surface area contributed by atoms with Gasteiger partial charge in [0.05, 0.1) is 0 Å². The first kappa shape index (κ1) is 8.25. The van der Waals surface area contributed by atoms with E-state index in [0.717, 1.165) is 17.9 Å². The molecule has 74 valence electrons. The lowest BCUT2D eigenvalue weighted by Gasteiger charge is -2.50. The third kappa shape index (κ3) is 1.40. The number of piperidine rings is 3. The highest BCUT2D eigenvalue weighted by Crippen LogP contribution is 2.34. The van der Waals surface area contributed by atoms with Crippen LogP contribution in [0.4, 0.5) is 0 Å². The minimum Gasteiger partial charge on any atom is -0.316 e. The van der Waals surface area contributed by atoms with Crippen LogP contribution < -0.4 is 5.32 Å². The molecule has 0 amide bonds. The van der Waals surface area contributed by atoms with Crippen molar-refractivity contribution in [1.82, 2.24) is 10.2 Å². The number of hydrogen-bond acceptors (Lipinski definition) is 2. The lowest BCUT2D eigenvalue weighted by Crippen LogP contribution is -2.58. The van der Waals surface area contributed by atoms with Gasteiger partial charge in [-0.2, -0.15) is 0 Å². The highest BCUT2D eigenvalue weighted by atomic mass is 15.2. The zero-order valence-electron chi connectivity index (χ0n) is 8.34. The molecule has 3 saturated heterocycles. The first-order chi connectivity index (χ1) is 6.43. The number of nitrogens with one attached hydrogen (secondary N) is 1. The van der Waals surface area contributed by atoms with Crippen molar-refractivity contribution < 1.29 is 0 Å². The van der Waals surface area contributed by atoms with Crippen LogP contribution in [-0.2, 0) is 0 Å². The second-order valence-electron chi connectivity index (χ2n) is 5.08. The molecule has 2 heteroatoms. The van der Waals surface area contributed by atoms with Gasteiger partial charge in [-0.25, -0.2) is 0 Å². The van der Waals surface area contributed by atoms with Crippen LogP contribution in [0.25, 0.3) is 0 Å². The second-order valence-corrected chi connectivity index (χ2v) is 5.08. The minimum absolute atomic E-state index is 0.942. The van der Waals surface area contributed by atoms with Crippen molar-refractivity contribution >= 4 is 0 Å². The first-order valence-corrected chi connectivity index (χ1v) is 5.88. The summed E-state index contributed by atoms with van der Waals surface area (Å²) in [4.78, 5) is 2.78. The molecule has 0 radical (unpaired) electrons. The Morgan fingerprint density at radius 2 is 2.15 bits per heavy atom. The van der Waals surface area contributed by atoms with Gasteiger partial charge in [0, 0.05) is 12.6 Å². The van der Waals surface area contributed by atoms with Crippen molar-refractivity contribution in [2.45, 2.75) is 31.7 Å². The number of hydrogen-bond donors (Lipinski definition) is 1. The summed E-state index contributed by atoms with van der Waals surface area (Å²) < 4.78 is 0. The Morgan fingerprint density at radius 3 is 3.15 bits per heavy atom. The second kappa shape index (κ2) is 3.25. The Morgan fingerprint density at radius 1 is 1.15 bits per heavy atom. The van der Waals surface area contributed by atoms with Gasteiger partial charge >= 0.3 is 0 Å². The van der Waals surface area contributed by atoms with E-state index in [1.807, 2.05) is 0 Å². The van der Waals surface area contributed by atoms with Gasteiger partial charge in [0.15, 0.2) is 0 Å². The molecule has 2 bridgehead atoms. The maximum absolute atomic E-state index is 3.59. The van der Waals surface area contributed by atoms with E-state index < -0.39 is 0 Å². The van der Waals surface area contributed by atoms with Crippen LogP contribution in [0.2, 0.25) is 0 Å². The first-order valence-electron chi connectivity index (χ1n) is 5.88. The number of rotatable bonds is 0. The summed E-state index contributed by atoms with van der Waals surface area (Å²) in [5.74, 6) is 1.95. The molecule has 3 aliphatic rings. The summed E-state index contributed by atoms with van der Waals surface area (Å²) in [6.07, 6.45) is 5.90. The fourth-order valence-electron chi connectivity index (χ4n) is 3.61. The maximum atomic E-state index is 3.59. The largest absolute Gasteiger partial charge is 0.316 e. The quantitative estimate of drug-likeness (QED) is 0.600. The molecule has 1 N–H and O–H groups in total. The molecule has 3 aliphatic heterocycles. The van der Waals surface area contributed by atoms with Gasteiger partial charge in [0.2, 0.25) is 0 Å². The molecule has 3 fully saturated rings. The topological polar surface area (TPSA) is 15.3 Å². The average molecular weight is 180 g/mol. The van der Waals surface area contributed by atoms with Crippen LogP contribution in [0, 0.1) is 11.8 Å². The van der Waals surface area contributed by atoms with Gasteiger partial charge in [0.25, 0.3) is 0 Å². The monoisotopic (exact) mass is 180 g/mol. The average Bonchev–Trinajstić information content (AvgIpc) is 2.18. The van der Waals surface area contributed by atoms with Crippen molar-refractivity contribution in [3.63, 3.8) is 0 Å². The molecule has 0 saturated carbocycles. The Balaban J connectivity index is 1.77. The standard InChI is InChI=1S/C11H20N2/c1-2-4-13-8-9-5-10(7-12-6-9)11(13)3-1/h9-12H,1-8H2/t9-,10-,11?/m0/s1. The molecule has 13 heavy (non-hydrogen) atoms. The highest BCUT2D eigenvalue weighted by molar-refractivity contribution is 4.94. The molecule has 0 aliphatic carbocycles. The van der Waals surface area contributed by atoms with E-state index in [1.165, 1.54) is 51.9 Å². The van der Waals surface area contributed by atoms with E-state index in [0.29, 0.717) is 0 Å². The van der Waals surface area contributed by atoms with Crippen LogP contribution in [0.15, 0.2) is 0 Å². The lowest BCUT2D eigenvalue weighted by molar-refractivity contribution is 0.0109. The highest BCUT2D eigenvalue weighted by Gasteiger charge is 2.38. The molecule has 0 aromatic carbocycles. The summed E-state index contributed by atoms with van der Waals surface area (Å²) in [7, 11) is 0. The Kier molecular flexibility index (Phi) is 2.06. The van der Waals surface area contributed by atoms with Gasteiger partial charge in [-0.15, -0.1) is 0 Å². The van der Waals surface area contributed by atoms with Crippen molar-refractivity contribution in [1.29, 1.82) is 0 Å². The summed E-state index contributed by atoms with van der Waals surface area (Å²) in [5.41, 5.74) is 0. The van der Waals surface area contributed by atoms with E-state index in [9.17, 15) is 0 Å². The van der Waals surface area contributed by atoms with Crippen LogP contribution in [0.3, 0.4) is 0 Å². The Hall–Kier alpha value is -0.0800. The zero-order chi connectivity index (χ0) is 8.67. The molecule has 0 aromatic rings. The predicted octanol–water partition coefficient (Wildman–Crippen LogP) is 1.08. The zero-order valence-corrected chi connectivity index (χ0v) is 8.34. The van der Waals surface area contributed by atoms with E-state index >= 15 is 0 Å². The summed E-state index contributed by atoms with van der Waals surface area (Å²) in [6, 6.07) is 0.942. The van der Waals surface area contributed by atoms with Crippen LogP contribution in [0.5, 0.6) is 0 Å². The summed E-state index contributed by atoms with van der Waals surface area (Å²) >= 11 is 0. The summed E-state index contributed by atoms with van der Waals surface area (Å²) in [5, 5.41) is 3.59. The molecule has 3 heterocycles. The van der Waals surface area contributed by atoms with Crippen molar-refractivity contribution in [2.75, 3.05) is 26.2 Å². The Labute approximate surface area is 80.7 Å². The van der Waals surface area contributed by atoms with E-state index in [1.54, 1.807) is 0 Å². The normalized spacial score (nSPS) is 45.7. The van der Waals surface area contributed by atoms with Crippen molar-refractivity contribution in [3.8, 4) is 0 Å². The van der Waals surface area contributed by atoms with Gasteiger partial charge in [-0.3, -0.25) is 4.90 Å². The van der Waals surface area contributed by atoms with Crippen LogP contribution in [0.1, 0.15) is 25.7 Å². The fraction of sp³-hybridized carbons (Fsp3) is 1.00. The molecule has 3 rings (SSSR count). The molecular formula is C11H20N2. The van der Waals surface area contributed by atoms with Crippen LogP contribution in [-0.4, -0.2) is 37.1 Å². The molecule has 1 unspecified atom stereocenters. The smallest absolute Gasteiger partial charge is 0.0136 e. The van der Waals surface area contributed by atoms with Crippen molar-refractivity contribution in [2.24, 2.45) is 11.8 Å². The third-order valence-corrected chi connectivity index (χ3v) is 4.18. The molecular weight excluding hydrogens is 160 g/mol.